The van der Waals surface area contributed by atoms with Gasteiger partial charge in [-0.3, -0.25) is 4.79 Å². The molecule has 1 nitrogen and oxygen atoms in total. The van der Waals surface area contributed by atoms with Crippen molar-refractivity contribution >= 4 is 5.78 Å². The van der Waals surface area contributed by atoms with Gasteiger partial charge in [0.05, 0.1) is 0 Å². The smallest absolute Gasteiger partial charge is 0.142 e. The molecule has 2 fully saturated rings. The third-order valence-electron chi connectivity index (χ3n) is 4.24. The van der Waals surface area contributed by atoms with E-state index in [1.54, 1.807) is 0 Å². The second-order valence-corrected chi connectivity index (χ2v) is 4.99. The van der Waals surface area contributed by atoms with E-state index < -0.39 is 0 Å². The van der Waals surface area contributed by atoms with E-state index >= 15 is 0 Å². The van der Waals surface area contributed by atoms with Gasteiger partial charge in [-0.15, -0.1) is 0 Å². The summed E-state index contributed by atoms with van der Waals surface area (Å²) in [4.78, 5) is 11.7. The second kappa shape index (κ2) is 1.70. The van der Waals surface area contributed by atoms with E-state index in [2.05, 4.69) is 20.8 Å². The molecule has 2 saturated carbocycles. The Hall–Kier alpha value is -0.330. The number of hydrogen-bond donors (Lipinski definition) is 0. The van der Waals surface area contributed by atoms with Crippen LogP contribution in [0.25, 0.3) is 0 Å². The number of carbonyl (C=O) groups is 1. The van der Waals surface area contributed by atoms with Gasteiger partial charge in [0.25, 0.3) is 0 Å². The Morgan fingerprint density at radius 1 is 1.36 bits per heavy atom. The summed E-state index contributed by atoms with van der Waals surface area (Å²) in [6, 6.07) is 0. The van der Waals surface area contributed by atoms with Crippen LogP contribution in [-0.4, -0.2) is 5.78 Å². The van der Waals surface area contributed by atoms with Crippen molar-refractivity contribution in [1.29, 1.82) is 0 Å². The number of ketones is 1. The highest BCUT2D eigenvalue weighted by Crippen LogP contribution is 2.61. The normalized spacial score (nSPS) is 46.8. The predicted octanol–water partition coefficient (Wildman–Crippen LogP) is 2.40. The second-order valence-electron chi connectivity index (χ2n) is 4.99. The monoisotopic (exact) mass is 152 g/mol. The summed E-state index contributed by atoms with van der Waals surface area (Å²) in [6.45, 7) is 6.51. The van der Waals surface area contributed by atoms with Crippen LogP contribution in [0.1, 0.15) is 40.0 Å². The minimum atomic E-state index is -0.0318. The fraction of sp³-hybridized carbons (Fsp3) is 0.900. The predicted molar refractivity (Wildman–Crippen MR) is 44.2 cm³/mol. The Labute approximate surface area is 68.2 Å². The lowest BCUT2D eigenvalue weighted by Crippen LogP contribution is -2.37. The van der Waals surface area contributed by atoms with Crippen molar-refractivity contribution in [1.82, 2.24) is 0 Å². The third-order valence-corrected chi connectivity index (χ3v) is 4.24. The molecule has 62 valence electrons. The summed E-state index contributed by atoms with van der Waals surface area (Å²) in [5.74, 6) is 0.932. The molecule has 0 aliphatic heterocycles. The maximum Gasteiger partial charge on any atom is 0.142 e. The summed E-state index contributed by atoms with van der Waals surface area (Å²) in [5, 5.41) is 0. The van der Waals surface area contributed by atoms with E-state index in [9.17, 15) is 4.79 Å². The highest BCUT2D eigenvalue weighted by atomic mass is 16.1. The Bertz CT molecular complexity index is 217. The Morgan fingerprint density at radius 2 is 2.00 bits per heavy atom. The SMILES string of the molecule is CC1(C)C(=O)[C@H]2CC[C@@]1(C)C2. The van der Waals surface area contributed by atoms with Crippen LogP contribution in [-0.2, 0) is 4.79 Å². The topological polar surface area (TPSA) is 17.1 Å². The molecule has 2 atom stereocenters. The van der Waals surface area contributed by atoms with Crippen LogP contribution < -0.4 is 0 Å². The van der Waals surface area contributed by atoms with Crippen LogP contribution in [0, 0.1) is 16.7 Å². The van der Waals surface area contributed by atoms with Gasteiger partial charge in [0, 0.05) is 11.3 Å². The maximum absolute atomic E-state index is 11.7. The molecular formula is C10H16O. The third kappa shape index (κ3) is 0.646. The molecule has 0 heterocycles. The van der Waals surface area contributed by atoms with Crippen molar-refractivity contribution in [3.05, 3.63) is 0 Å². The van der Waals surface area contributed by atoms with Gasteiger partial charge in [0.1, 0.15) is 5.78 Å². The fourth-order valence-corrected chi connectivity index (χ4v) is 2.84. The lowest BCUT2D eigenvalue weighted by Gasteiger charge is -2.37. The highest BCUT2D eigenvalue weighted by molar-refractivity contribution is 5.90. The molecule has 1 heteroatoms. The van der Waals surface area contributed by atoms with Crippen molar-refractivity contribution in [2.45, 2.75) is 40.0 Å². The van der Waals surface area contributed by atoms with E-state index in [0.29, 0.717) is 17.1 Å². The Kier molecular flexibility index (Phi) is 1.13. The van der Waals surface area contributed by atoms with Crippen LogP contribution in [0.3, 0.4) is 0 Å². The maximum atomic E-state index is 11.7. The molecule has 0 amide bonds. The summed E-state index contributed by atoms with van der Waals surface area (Å²) in [6.07, 6.45) is 3.56. The summed E-state index contributed by atoms with van der Waals surface area (Å²) < 4.78 is 0. The molecule has 0 unspecified atom stereocenters. The molecule has 0 spiro atoms. The number of rotatable bonds is 0. The van der Waals surface area contributed by atoms with Gasteiger partial charge in [0.2, 0.25) is 0 Å². The number of Topliss-reactive ketones (excluding diaryl/α,β-unsaturated/α-hetero) is 1. The average Bonchev–Trinajstić information content (AvgIpc) is 2.36. The molecule has 0 radical (unpaired) electrons. The number of carbonyl (C=O) groups excluding carboxylic acids is 1. The van der Waals surface area contributed by atoms with Gasteiger partial charge in [-0.2, -0.15) is 0 Å². The first-order valence-electron chi connectivity index (χ1n) is 4.52. The summed E-state index contributed by atoms with van der Waals surface area (Å²) >= 11 is 0. The molecule has 2 bridgehead atoms. The largest absolute Gasteiger partial charge is 0.299 e. The zero-order valence-electron chi connectivity index (χ0n) is 7.61. The fourth-order valence-electron chi connectivity index (χ4n) is 2.84. The molecule has 0 saturated heterocycles. The Balaban J connectivity index is 2.44. The number of hydrogen-bond acceptors (Lipinski definition) is 1. The van der Waals surface area contributed by atoms with Crippen LogP contribution >= 0.6 is 0 Å². The van der Waals surface area contributed by atoms with Gasteiger partial charge in [0.15, 0.2) is 0 Å². The van der Waals surface area contributed by atoms with Crippen molar-refractivity contribution in [3.8, 4) is 0 Å². The quantitative estimate of drug-likeness (QED) is 0.521. The summed E-state index contributed by atoms with van der Waals surface area (Å²) in [5.41, 5.74) is 0.296. The van der Waals surface area contributed by atoms with E-state index in [1.807, 2.05) is 0 Å². The minimum absolute atomic E-state index is 0.0318. The number of fused-ring (bicyclic) bond motifs is 2. The van der Waals surface area contributed by atoms with Gasteiger partial charge in [-0.05, 0) is 24.7 Å². The van der Waals surface area contributed by atoms with Gasteiger partial charge < -0.3 is 0 Å². The Morgan fingerprint density at radius 3 is 2.27 bits per heavy atom. The van der Waals surface area contributed by atoms with E-state index in [-0.39, 0.29) is 5.41 Å². The average molecular weight is 152 g/mol. The van der Waals surface area contributed by atoms with Crippen LogP contribution in [0.15, 0.2) is 0 Å². The minimum Gasteiger partial charge on any atom is -0.299 e. The summed E-state index contributed by atoms with van der Waals surface area (Å²) in [7, 11) is 0. The van der Waals surface area contributed by atoms with Gasteiger partial charge in [-0.1, -0.05) is 20.8 Å². The first-order valence-corrected chi connectivity index (χ1v) is 4.52. The molecule has 0 aromatic rings. The first-order chi connectivity index (χ1) is 4.97. The van der Waals surface area contributed by atoms with Crippen molar-refractivity contribution < 1.29 is 4.79 Å². The van der Waals surface area contributed by atoms with Crippen molar-refractivity contribution in [2.24, 2.45) is 16.7 Å². The van der Waals surface area contributed by atoms with Crippen molar-refractivity contribution in [2.75, 3.05) is 0 Å². The van der Waals surface area contributed by atoms with E-state index in [1.165, 1.54) is 6.42 Å². The van der Waals surface area contributed by atoms with E-state index in [4.69, 9.17) is 0 Å². The molecule has 0 N–H and O–H groups in total. The standard InChI is InChI=1S/C10H16O/c1-9(2)8(11)7-4-5-10(9,3)6-7/h7H,4-6H2,1-3H3/t7-,10-/m0/s1. The molecular weight excluding hydrogens is 136 g/mol. The molecule has 2 aliphatic carbocycles. The van der Waals surface area contributed by atoms with Gasteiger partial charge >= 0.3 is 0 Å². The van der Waals surface area contributed by atoms with Crippen LogP contribution in [0.4, 0.5) is 0 Å². The van der Waals surface area contributed by atoms with Crippen LogP contribution in [0.5, 0.6) is 0 Å². The first kappa shape index (κ1) is 7.33. The molecule has 11 heavy (non-hydrogen) atoms. The lowest BCUT2D eigenvalue weighted by atomic mass is 9.66. The lowest BCUT2D eigenvalue weighted by molar-refractivity contribution is -0.132. The van der Waals surface area contributed by atoms with Gasteiger partial charge in [-0.25, -0.2) is 0 Å². The molecule has 0 aromatic carbocycles. The molecule has 2 aliphatic rings. The highest BCUT2D eigenvalue weighted by Gasteiger charge is 2.59. The zero-order valence-corrected chi connectivity index (χ0v) is 7.61. The zero-order chi connectivity index (χ0) is 8.28. The molecule has 2 rings (SSSR count). The van der Waals surface area contributed by atoms with E-state index in [0.717, 1.165) is 12.8 Å². The van der Waals surface area contributed by atoms with Crippen LogP contribution in [0.2, 0.25) is 0 Å². The van der Waals surface area contributed by atoms with Crippen molar-refractivity contribution in [3.63, 3.8) is 0 Å². The molecule has 0 aromatic heterocycles.